The normalized spacial score (nSPS) is 16.5. The number of nitrogens with one attached hydrogen (secondary N) is 2. The largest absolute Gasteiger partial charge is 0.352 e. The van der Waals surface area contributed by atoms with Crippen LogP contribution in [-0.2, 0) is 11.2 Å². The number of carbonyl (C=O) groups is 1. The Kier molecular flexibility index (Phi) is 4.15. The zero-order valence-electron chi connectivity index (χ0n) is 10.3. The molecule has 3 heteroatoms. The first-order chi connectivity index (χ1) is 8.24. The van der Waals surface area contributed by atoms with E-state index in [-0.39, 0.29) is 11.9 Å². The molecule has 0 saturated heterocycles. The monoisotopic (exact) mass is 232 g/mol. The Hall–Kier alpha value is -1.35. The van der Waals surface area contributed by atoms with Gasteiger partial charge >= 0.3 is 0 Å². The quantitative estimate of drug-likeness (QED) is 0.780. The second kappa shape index (κ2) is 5.82. The highest BCUT2D eigenvalue weighted by atomic mass is 16.1. The fourth-order valence-electron chi connectivity index (χ4n) is 1.87. The Morgan fingerprint density at radius 2 is 2.06 bits per heavy atom. The van der Waals surface area contributed by atoms with Crippen molar-refractivity contribution in [1.29, 1.82) is 0 Å². The molecule has 0 heterocycles. The molecule has 0 spiro atoms. The molecule has 0 aliphatic heterocycles. The lowest BCUT2D eigenvalue weighted by Crippen LogP contribution is -2.40. The molecule has 2 N–H and O–H groups in total. The summed E-state index contributed by atoms with van der Waals surface area (Å²) in [5, 5.41) is 6.22. The first-order valence-electron chi connectivity index (χ1n) is 6.30. The summed E-state index contributed by atoms with van der Waals surface area (Å²) in [5.74, 6) is 0.0975. The van der Waals surface area contributed by atoms with Crippen molar-refractivity contribution >= 4 is 5.91 Å². The summed E-state index contributed by atoms with van der Waals surface area (Å²) in [6.07, 6.45) is 3.32. The summed E-state index contributed by atoms with van der Waals surface area (Å²) in [6.45, 7) is 2.49. The van der Waals surface area contributed by atoms with Crippen LogP contribution in [0.2, 0.25) is 0 Å². The standard InChI is InChI=1S/C14H20N2O/c1-11(9-12-5-3-2-4-6-12)16-14(17)10-15-13-7-8-13/h2-6,11,13,15H,7-10H2,1H3,(H,16,17). The molecule has 1 saturated carbocycles. The van der Waals surface area contributed by atoms with Gasteiger partial charge in [-0.3, -0.25) is 4.79 Å². The number of carbonyl (C=O) groups excluding carboxylic acids is 1. The molecule has 1 atom stereocenters. The average Bonchev–Trinajstić information content (AvgIpc) is 3.11. The van der Waals surface area contributed by atoms with E-state index >= 15 is 0 Å². The summed E-state index contributed by atoms with van der Waals surface area (Å²) < 4.78 is 0. The van der Waals surface area contributed by atoms with Crippen LogP contribution >= 0.6 is 0 Å². The molecule has 17 heavy (non-hydrogen) atoms. The lowest BCUT2D eigenvalue weighted by atomic mass is 10.1. The van der Waals surface area contributed by atoms with Gasteiger partial charge in [-0.05, 0) is 31.7 Å². The fourth-order valence-corrected chi connectivity index (χ4v) is 1.87. The second-order valence-corrected chi connectivity index (χ2v) is 4.81. The van der Waals surface area contributed by atoms with E-state index in [0.29, 0.717) is 12.6 Å². The highest BCUT2D eigenvalue weighted by Gasteiger charge is 2.21. The summed E-state index contributed by atoms with van der Waals surface area (Å²) in [6, 6.07) is 11.0. The minimum atomic E-state index is 0.0975. The van der Waals surface area contributed by atoms with Gasteiger partial charge in [-0.15, -0.1) is 0 Å². The van der Waals surface area contributed by atoms with Gasteiger partial charge in [0.25, 0.3) is 0 Å². The van der Waals surface area contributed by atoms with E-state index in [9.17, 15) is 4.79 Å². The summed E-state index contributed by atoms with van der Waals surface area (Å²) in [4.78, 5) is 11.6. The van der Waals surface area contributed by atoms with E-state index in [1.807, 2.05) is 25.1 Å². The smallest absolute Gasteiger partial charge is 0.234 e. The van der Waals surface area contributed by atoms with E-state index in [1.54, 1.807) is 0 Å². The van der Waals surface area contributed by atoms with E-state index in [2.05, 4.69) is 22.8 Å². The van der Waals surface area contributed by atoms with Crippen molar-refractivity contribution in [1.82, 2.24) is 10.6 Å². The van der Waals surface area contributed by atoms with Gasteiger partial charge in [0.15, 0.2) is 0 Å². The number of rotatable bonds is 6. The summed E-state index contributed by atoms with van der Waals surface area (Å²) >= 11 is 0. The minimum absolute atomic E-state index is 0.0975. The summed E-state index contributed by atoms with van der Waals surface area (Å²) in [7, 11) is 0. The maximum absolute atomic E-state index is 11.6. The lowest BCUT2D eigenvalue weighted by molar-refractivity contribution is -0.120. The van der Waals surface area contributed by atoms with Crippen molar-refractivity contribution in [3.8, 4) is 0 Å². The van der Waals surface area contributed by atoms with Crippen LogP contribution in [0.3, 0.4) is 0 Å². The van der Waals surface area contributed by atoms with E-state index in [1.165, 1.54) is 18.4 Å². The van der Waals surface area contributed by atoms with Crippen LogP contribution in [0.4, 0.5) is 0 Å². The third kappa shape index (κ3) is 4.57. The van der Waals surface area contributed by atoms with Crippen LogP contribution in [0.15, 0.2) is 30.3 Å². The third-order valence-electron chi connectivity index (χ3n) is 2.92. The molecule has 0 radical (unpaired) electrons. The van der Waals surface area contributed by atoms with Crippen molar-refractivity contribution in [2.75, 3.05) is 6.54 Å². The number of hydrogen-bond acceptors (Lipinski definition) is 2. The first-order valence-corrected chi connectivity index (χ1v) is 6.30. The van der Waals surface area contributed by atoms with Gasteiger partial charge in [0.1, 0.15) is 0 Å². The van der Waals surface area contributed by atoms with Gasteiger partial charge in [0.05, 0.1) is 6.54 Å². The van der Waals surface area contributed by atoms with Gasteiger partial charge in [-0.25, -0.2) is 0 Å². The molecule has 1 fully saturated rings. The molecule has 3 nitrogen and oxygen atoms in total. The maximum Gasteiger partial charge on any atom is 0.234 e. The van der Waals surface area contributed by atoms with Gasteiger partial charge in [-0.2, -0.15) is 0 Å². The van der Waals surface area contributed by atoms with Crippen LogP contribution in [0.25, 0.3) is 0 Å². The van der Waals surface area contributed by atoms with Crippen LogP contribution in [0, 0.1) is 0 Å². The Morgan fingerprint density at radius 1 is 1.35 bits per heavy atom. The first kappa shape index (κ1) is 12.1. The molecule has 0 aromatic heterocycles. The van der Waals surface area contributed by atoms with E-state index < -0.39 is 0 Å². The molecule has 2 rings (SSSR count). The van der Waals surface area contributed by atoms with Gasteiger partial charge in [0.2, 0.25) is 5.91 Å². The predicted octanol–water partition coefficient (Wildman–Crippen LogP) is 1.49. The maximum atomic E-state index is 11.6. The van der Waals surface area contributed by atoms with Gasteiger partial charge < -0.3 is 10.6 Å². The molecule has 1 unspecified atom stereocenters. The number of benzene rings is 1. The van der Waals surface area contributed by atoms with Crippen molar-refractivity contribution in [3.05, 3.63) is 35.9 Å². The molecule has 1 aliphatic carbocycles. The zero-order chi connectivity index (χ0) is 12.1. The molecule has 92 valence electrons. The molecule has 1 aromatic rings. The molecular weight excluding hydrogens is 212 g/mol. The topological polar surface area (TPSA) is 41.1 Å². The predicted molar refractivity (Wildman–Crippen MR) is 68.8 cm³/mol. The zero-order valence-corrected chi connectivity index (χ0v) is 10.3. The molecule has 1 amide bonds. The van der Waals surface area contributed by atoms with Crippen LogP contribution in [0.1, 0.15) is 25.3 Å². The van der Waals surface area contributed by atoms with Crippen LogP contribution in [0.5, 0.6) is 0 Å². The van der Waals surface area contributed by atoms with Crippen molar-refractivity contribution < 1.29 is 4.79 Å². The van der Waals surface area contributed by atoms with Crippen molar-refractivity contribution in [2.45, 2.75) is 38.3 Å². The molecular formula is C14H20N2O. The van der Waals surface area contributed by atoms with Crippen molar-refractivity contribution in [2.24, 2.45) is 0 Å². The SMILES string of the molecule is CC(Cc1ccccc1)NC(=O)CNC1CC1. The average molecular weight is 232 g/mol. The van der Waals surface area contributed by atoms with E-state index in [4.69, 9.17) is 0 Å². The second-order valence-electron chi connectivity index (χ2n) is 4.81. The van der Waals surface area contributed by atoms with Crippen LogP contribution in [-0.4, -0.2) is 24.5 Å². The Bertz CT molecular complexity index is 360. The van der Waals surface area contributed by atoms with Crippen molar-refractivity contribution in [3.63, 3.8) is 0 Å². The van der Waals surface area contributed by atoms with Gasteiger partial charge in [-0.1, -0.05) is 30.3 Å². The Labute approximate surface area is 103 Å². The summed E-state index contributed by atoms with van der Waals surface area (Å²) in [5.41, 5.74) is 1.26. The highest BCUT2D eigenvalue weighted by molar-refractivity contribution is 5.78. The minimum Gasteiger partial charge on any atom is -0.352 e. The van der Waals surface area contributed by atoms with Crippen LogP contribution < -0.4 is 10.6 Å². The molecule has 0 bridgehead atoms. The van der Waals surface area contributed by atoms with Gasteiger partial charge in [0, 0.05) is 12.1 Å². The Morgan fingerprint density at radius 3 is 2.71 bits per heavy atom. The van der Waals surface area contributed by atoms with E-state index in [0.717, 1.165) is 6.42 Å². The fraction of sp³-hybridized carbons (Fsp3) is 0.500. The molecule has 1 aromatic carbocycles. The number of hydrogen-bond donors (Lipinski definition) is 2. The lowest BCUT2D eigenvalue weighted by Gasteiger charge is -2.14. The molecule has 1 aliphatic rings. The highest BCUT2D eigenvalue weighted by Crippen LogP contribution is 2.17. The Balaban J connectivity index is 1.68. The number of amides is 1. The third-order valence-corrected chi connectivity index (χ3v) is 2.92.